The van der Waals surface area contributed by atoms with E-state index in [1.165, 1.54) is 0 Å². The normalized spacial score (nSPS) is 11.1. The van der Waals surface area contributed by atoms with Crippen molar-refractivity contribution < 1.29 is 4.74 Å². The number of rotatable bonds is 5. The Bertz CT molecular complexity index is 612. The fourth-order valence-corrected chi connectivity index (χ4v) is 1.73. The van der Waals surface area contributed by atoms with Crippen LogP contribution in [0.1, 0.15) is 24.7 Å². The number of nitrogens with zero attached hydrogens (tertiary/aromatic N) is 3. The van der Waals surface area contributed by atoms with Gasteiger partial charge in [-0.15, -0.1) is 0 Å². The molecule has 0 atom stereocenters. The van der Waals surface area contributed by atoms with Crippen LogP contribution < -0.4 is 4.74 Å². The first-order valence-corrected chi connectivity index (χ1v) is 6.52. The van der Waals surface area contributed by atoms with Gasteiger partial charge >= 0.3 is 0 Å². The molecule has 1 N–H and O–H groups in total. The van der Waals surface area contributed by atoms with Crippen molar-refractivity contribution in [3.05, 3.63) is 40.4 Å². The molecule has 0 fully saturated rings. The molecule has 0 saturated heterocycles. The summed E-state index contributed by atoms with van der Waals surface area (Å²) in [6.07, 6.45) is 2.74. The van der Waals surface area contributed by atoms with Crippen molar-refractivity contribution in [2.24, 2.45) is 5.10 Å². The van der Waals surface area contributed by atoms with Crippen molar-refractivity contribution in [2.45, 2.75) is 20.3 Å². The molecule has 2 rings (SSSR count). The van der Waals surface area contributed by atoms with Crippen molar-refractivity contribution in [3.63, 3.8) is 0 Å². The van der Waals surface area contributed by atoms with Crippen LogP contribution in [0.15, 0.2) is 29.4 Å². The number of aryl methyl sites for hydroxylation is 1. The second kappa shape index (κ2) is 6.29. The van der Waals surface area contributed by atoms with Crippen molar-refractivity contribution in [1.29, 1.82) is 0 Å². The van der Waals surface area contributed by atoms with Gasteiger partial charge in [0.25, 0.3) is 0 Å². The van der Waals surface area contributed by atoms with E-state index in [0.717, 1.165) is 30.2 Å². The molecule has 0 saturated carbocycles. The van der Waals surface area contributed by atoms with Crippen molar-refractivity contribution in [1.82, 2.24) is 14.9 Å². The standard InChI is InChI=1S/C13H16N4OS/c1-3-8-18-12-6-4-11(5-7-12)9-14-17-10(2)15-16-13(17)19/h4-7,9H,3,8H2,1-2H3,(H,16,19). The van der Waals surface area contributed by atoms with Crippen LogP contribution in [0.2, 0.25) is 0 Å². The maximum absolute atomic E-state index is 5.52. The van der Waals surface area contributed by atoms with Gasteiger partial charge in [0.05, 0.1) is 12.8 Å². The van der Waals surface area contributed by atoms with E-state index in [1.807, 2.05) is 31.2 Å². The van der Waals surface area contributed by atoms with E-state index >= 15 is 0 Å². The first kappa shape index (κ1) is 13.5. The number of benzene rings is 1. The molecule has 100 valence electrons. The summed E-state index contributed by atoms with van der Waals surface area (Å²) in [6.45, 7) is 4.65. The monoisotopic (exact) mass is 276 g/mol. The van der Waals surface area contributed by atoms with Gasteiger partial charge < -0.3 is 4.74 Å². The highest BCUT2D eigenvalue weighted by Gasteiger charge is 1.97. The van der Waals surface area contributed by atoms with Crippen LogP contribution >= 0.6 is 12.2 Å². The number of nitrogens with one attached hydrogen (secondary N) is 1. The Morgan fingerprint density at radius 2 is 2.16 bits per heavy atom. The molecule has 1 aromatic carbocycles. The third-order valence-electron chi connectivity index (χ3n) is 2.49. The quantitative estimate of drug-likeness (QED) is 0.675. The van der Waals surface area contributed by atoms with E-state index < -0.39 is 0 Å². The Labute approximate surface area is 116 Å². The second-order valence-electron chi connectivity index (χ2n) is 4.05. The lowest BCUT2D eigenvalue weighted by atomic mass is 10.2. The van der Waals surface area contributed by atoms with Crippen LogP contribution in [-0.4, -0.2) is 27.7 Å². The van der Waals surface area contributed by atoms with Gasteiger partial charge in [0, 0.05) is 0 Å². The molecule has 0 bridgehead atoms. The van der Waals surface area contributed by atoms with Crippen molar-refractivity contribution in [3.8, 4) is 5.75 Å². The predicted octanol–water partition coefficient (Wildman–Crippen LogP) is 2.92. The van der Waals surface area contributed by atoms with E-state index in [9.17, 15) is 0 Å². The van der Waals surface area contributed by atoms with E-state index in [0.29, 0.717) is 4.77 Å². The van der Waals surface area contributed by atoms with Gasteiger partial charge in [-0.25, -0.2) is 0 Å². The largest absolute Gasteiger partial charge is 0.494 e. The zero-order chi connectivity index (χ0) is 13.7. The molecule has 5 nitrogen and oxygen atoms in total. The van der Waals surface area contributed by atoms with Gasteiger partial charge in [0.2, 0.25) is 4.77 Å². The third-order valence-corrected chi connectivity index (χ3v) is 2.75. The van der Waals surface area contributed by atoms with Gasteiger partial charge in [-0.1, -0.05) is 6.92 Å². The average molecular weight is 276 g/mol. The zero-order valence-corrected chi connectivity index (χ0v) is 11.8. The Hall–Kier alpha value is -1.95. The van der Waals surface area contributed by atoms with E-state index in [-0.39, 0.29) is 0 Å². The molecule has 0 radical (unpaired) electrons. The first-order chi connectivity index (χ1) is 9.20. The molecule has 0 aliphatic heterocycles. The summed E-state index contributed by atoms with van der Waals surface area (Å²) in [5.74, 6) is 1.60. The van der Waals surface area contributed by atoms with Gasteiger partial charge in [-0.2, -0.15) is 14.9 Å². The number of aromatic amines is 1. The number of H-pyrrole nitrogens is 1. The maximum Gasteiger partial charge on any atom is 0.216 e. The van der Waals surface area contributed by atoms with E-state index in [4.69, 9.17) is 17.0 Å². The lowest BCUT2D eigenvalue weighted by Crippen LogP contribution is -1.96. The Morgan fingerprint density at radius 3 is 2.74 bits per heavy atom. The van der Waals surface area contributed by atoms with Gasteiger partial charge in [0.1, 0.15) is 11.6 Å². The lowest BCUT2D eigenvalue weighted by Gasteiger charge is -2.03. The SMILES string of the molecule is CCCOc1ccc(C=Nn2c(C)n[nH]c2=S)cc1. The fourth-order valence-electron chi connectivity index (χ4n) is 1.50. The highest BCUT2D eigenvalue weighted by Crippen LogP contribution is 2.11. The fraction of sp³-hybridized carbons (Fsp3) is 0.308. The zero-order valence-electron chi connectivity index (χ0n) is 11.0. The minimum atomic E-state index is 0.483. The highest BCUT2D eigenvalue weighted by atomic mass is 32.1. The minimum Gasteiger partial charge on any atom is -0.494 e. The molecule has 1 heterocycles. The minimum absolute atomic E-state index is 0.483. The summed E-state index contributed by atoms with van der Waals surface area (Å²) in [6, 6.07) is 7.76. The molecule has 0 spiro atoms. The van der Waals surface area contributed by atoms with Gasteiger partial charge in [-0.3, -0.25) is 5.10 Å². The van der Waals surface area contributed by atoms with Crippen LogP contribution in [0, 0.1) is 11.7 Å². The Kier molecular flexibility index (Phi) is 4.46. The van der Waals surface area contributed by atoms with Crippen LogP contribution in [0.25, 0.3) is 0 Å². The van der Waals surface area contributed by atoms with Crippen LogP contribution in [0.5, 0.6) is 5.75 Å². The van der Waals surface area contributed by atoms with Crippen LogP contribution in [-0.2, 0) is 0 Å². The molecule has 0 amide bonds. The smallest absolute Gasteiger partial charge is 0.216 e. The molecular formula is C13H16N4OS. The Morgan fingerprint density at radius 1 is 1.42 bits per heavy atom. The maximum atomic E-state index is 5.52. The summed E-state index contributed by atoms with van der Waals surface area (Å²) < 4.78 is 7.58. The summed E-state index contributed by atoms with van der Waals surface area (Å²) in [5.41, 5.74) is 0.978. The summed E-state index contributed by atoms with van der Waals surface area (Å²) in [7, 11) is 0. The summed E-state index contributed by atoms with van der Waals surface area (Å²) >= 11 is 5.07. The molecule has 0 unspecified atom stereocenters. The van der Waals surface area contributed by atoms with Gasteiger partial charge in [0.15, 0.2) is 0 Å². The van der Waals surface area contributed by atoms with Crippen LogP contribution in [0.4, 0.5) is 0 Å². The van der Waals surface area contributed by atoms with Crippen molar-refractivity contribution >= 4 is 18.4 Å². The summed E-state index contributed by atoms with van der Waals surface area (Å²) in [4.78, 5) is 0. The highest BCUT2D eigenvalue weighted by molar-refractivity contribution is 7.71. The topological polar surface area (TPSA) is 55.2 Å². The molecular weight excluding hydrogens is 260 g/mol. The van der Waals surface area contributed by atoms with E-state index in [1.54, 1.807) is 10.9 Å². The number of aromatic nitrogens is 3. The lowest BCUT2D eigenvalue weighted by molar-refractivity contribution is 0.317. The third kappa shape index (κ3) is 3.51. The molecule has 0 aliphatic rings. The number of hydrogen-bond acceptors (Lipinski definition) is 4. The summed E-state index contributed by atoms with van der Waals surface area (Å²) in [5, 5.41) is 11.0. The number of hydrogen-bond donors (Lipinski definition) is 1. The molecule has 19 heavy (non-hydrogen) atoms. The van der Waals surface area contributed by atoms with Gasteiger partial charge in [-0.05, 0) is 55.4 Å². The molecule has 0 aliphatic carbocycles. The average Bonchev–Trinajstić information content (AvgIpc) is 2.75. The van der Waals surface area contributed by atoms with Crippen LogP contribution in [0.3, 0.4) is 0 Å². The predicted molar refractivity (Wildman–Crippen MR) is 77.4 cm³/mol. The second-order valence-corrected chi connectivity index (χ2v) is 4.44. The molecule has 6 heteroatoms. The number of ether oxygens (including phenoxy) is 1. The van der Waals surface area contributed by atoms with Crippen molar-refractivity contribution in [2.75, 3.05) is 6.61 Å². The molecule has 2 aromatic rings. The Balaban J connectivity index is 2.09. The first-order valence-electron chi connectivity index (χ1n) is 6.12. The molecule has 1 aromatic heterocycles. The van der Waals surface area contributed by atoms with E-state index in [2.05, 4.69) is 22.2 Å².